The Morgan fingerprint density at radius 3 is 2.88 bits per heavy atom. The standard InChI is InChI=1S/C18H22FNO4/c1-12(14-4-2-3-5-15(14)19)8-16(21)20-9-13-10-24-7-6-18(13,11-20)17(22)23/h2-5,12-13H,6-11H2,1H3,(H,22,23)/t12?,13-,18+/m0/s1. The highest BCUT2D eigenvalue weighted by Crippen LogP contribution is 2.43. The molecule has 0 aliphatic carbocycles. The molecule has 1 unspecified atom stereocenters. The SMILES string of the molecule is CC(CC(=O)N1C[C@H]2COCC[C@@]2(C(=O)O)C1)c1ccccc1F. The third-order valence-electron chi connectivity index (χ3n) is 5.40. The molecule has 2 aliphatic rings. The lowest BCUT2D eigenvalue weighted by Crippen LogP contribution is -2.45. The van der Waals surface area contributed by atoms with Crippen LogP contribution in [0.3, 0.4) is 0 Å². The normalized spacial score (nSPS) is 27.6. The molecule has 0 bridgehead atoms. The maximum atomic E-state index is 13.9. The molecule has 0 spiro atoms. The number of fused-ring (bicyclic) bond motifs is 1. The van der Waals surface area contributed by atoms with Crippen molar-refractivity contribution in [1.82, 2.24) is 4.90 Å². The minimum absolute atomic E-state index is 0.124. The summed E-state index contributed by atoms with van der Waals surface area (Å²) in [5.41, 5.74) is -0.381. The van der Waals surface area contributed by atoms with E-state index in [0.717, 1.165) is 0 Å². The number of hydrogen-bond acceptors (Lipinski definition) is 3. The first-order valence-corrected chi connectivity index (χ1v) is 8.27. The third-order valence-corrected chi connectivity index (χ3v) is 5.40. The van der Waals surface area contributed by atoms with Gasteiger partial charge in [-0.25, -0.2) is 4.39 Å². The average Bonchev–Trinajstić information content (AvgIpc) is 2.96. The Morgan fingerprint density at radius 1 is 1.46 bits per heavy atom. The van der Waals surface area contributed by atoms with Crippen molar-refractivity contribution in [3.63, 3.8) is 0 Å². The summed E-state index contributed by atoms with van der Waals surface area (Å²) < 4.78 is 19.3. The molecule has 1 aromatic rings. The van der Waals surface area contributed by atoms with Gasteiger partial charge in [0.1, 0.15) is 5.82 Å². The van der Waals surface area contributed by atoms with E-state index >= 15 is 0 Å². The third kappa shape index (κ3) is 2.90. The van der Waals surface area contributed by atoms with Gasteiger partial charge in [-0.2, -0.15) is 0 Å². The molecule has 0 radical (unpaired) electrons. The van der Waals surface area contributed by atoms with Crippen LogP contribution in [0.2, 0.25) is 0 Å². The zero-order valence-corrected chi connectivity index (χ0v) is 13.7. The van der Waals surface area contributed by atoms with Crippen LogP contribution in [0.5, 0.6) is 0 Å². The van der Waals surface area contributed by atoms with Crippen molar-refractivity contribution in [2.24, 2.45) is 11.3 Å². The molecule has 2 aliphatic heterocycles. The van der Waals surface area contributed by atoms with Gasteiger partial charge >= 0.3 is 5.97 Å². The molecule has 2 fully saturated rings. The number of carboxylic acid groups (broad SMARTS) is 1. The van der Waals surface area contributed by atoms with Gasteiger partial charge in [0.25, 0.3) is 0 Å². The topological polar surface area (TPSA) is 66.8 Å². The van der Waals surface area contributed by atoms with Gasteiger partial charge in [0.2, 0.25) is 5.91 Å². The molecule has 5 nitrogen and oxygen atoms in total. The number of hydrogen-bond donors (Lipinski definition) is 1. The van der Waals surface area contributed by atoms with E-state index in [-0.39, 0.29) is 36.5 Å². The summed E-state index contributed by atoms with van der Waals surface area (Å²) in [4.78, 5) is 26.0. The quantitative estimate of drug-likeness (QED) is 0.917. The molecule has 0 aromatic heterocycles. The maximum Gasteiger partial charge on any atom is 0.311 e. The Kier molecular flexibility index (Phi) is 4.58. The second-order valence-corrected chi connectivity index (χ2v) is 6.88. The highest BCUT2D eigenvalue weighted by molar-refractivity contribution is 5.81. The largest absolute Gasteiger partial charge is 0.481 e. The first-order valence-electron chi connectivity index (χ1n) is 8.27. The Labute approximate surface area is 140 Å². The summed E-state index contributed by atoms with van der Waals surface area (Å²) in [7, 11) is 0. The second-order valence-electron chi connectivity index (χ2n) is 6.88. The van der Waals surface area contributed by atoms with Gasteiger partial charge in [-0.05, 0) is 24.0 Å². The number of aliphatic carboxylic acids is 1. The van der Waals surface area contributed by atoms with E-state index in [2.05, 4.69) is 0 Å². The molecule has 1 aromatic carbocycles. The monoisotopic (exact) mass is 335 g/mol. The number of benzene rings is 1. The van der Waals surface area contributed by atoms with E-state index in [1.807, 2.05) is 6.92 Å². The van der Waals surface area contributed by atoms with E-state index in [9.17, 15) is 19.1 Å². The highest BCUT2D eigenvalue weighted by atomic mass is 19.1. The van der Waals surface area contributed by atoms with Crippen LogP contribution >= 0.6 is 0 Å². The number of ether oxygens (including phenoxy) is 1. The van der Waals surface area contributed by atoms with Crippen LogP contribution in [0, 0.1) is 17.2 Å². The molecule has 3 atom stereocenters. The number of carbonyl (C=O) groups excluding carboxylic acids is 1. The molecule has 3 rings (SSSR count). The summed E-state index contributed by atoms with van der Waals surface area (Å²) in [6.45, 7) is 3.22. The van der Waals surface area contributed by atoms with Crippen molar-refractivity contribution >= 4 is 11.9 Å². The molecule has 24 heavy (non-hydrogen) atoms. The van der Waals surface area contributed by atoms with Crippen LogP contribution < -0.4 is 0 Å². The lowest BCUT2D eigenvalue weighted by molar-refractivity contribution is -0.157. The van der Waals surface area contributed by atoms with Gasteiger partial charge in [0.05, 0.1) is 12.0 Å². The van der Waals surface area contributed by atoms with Gasteiger partial charge in [-0.3, -0.25) is 9.59 Å². The van der Waals surface area contributed by atoms with Crippen LogP contribution in [0.4, 0.5) is 4.39 Å². The fraction of sp³-hybridized carbons (Fsp3) is 0.556. The van der Waals surface area contributed by atoms with E-state index in [0.29, 0.717) is 31.7 Å². The molecular weight excluding hydrogens is 313 g/mol. The predicted molar refractivity (Wildman–Crippen MR) is 85.0 cm³/mol. The van der Waals surface area contributed by atoms with Crippen molar-refractivity contribution in [3.8, 4) is 0 Å². The van der Waals surface area contributed by atoms with Crippen molar-refractivity contribution in [3.05, 3.63) is 35.6 Å². The number of amides is 1. The molecule has 1 N–H and O–H groups in total. The molecule has 130 valence electrons. The zero-order chi connectivity index (χ0) is 17.3. The minimum atomic E-state index is -0.894. The molecule has 6 heteroatoms. The van der Waals surface area contributed by atoms with Crippen molar-refractivity contribution in [2.75, 3.05) is 26.3 Å². The van der Waals surface area contributed by atoms with Crippen LogP contribution in [0.15, 0.2) is 24.3 Å². The first kappa shape index (κ1) is 16.9. The number of carboxylic acids is 1. The lowest BCUT2D eigenvalue weighted by Gasteiger charge is -2.33. The van der Waals surface area contributed by atoms with Crippen molar-refractivity contribution < 1.29 is 23.8 Å². The number of rotatable bonds is 4. The number of carbonyl (C=O) groups is 2. The minimum Gasteiger partial charge on any atom is -0.481 e. The zero-order valence-electron chi connectivity index (χ0n) is 13.7. The first-order chi connectivity index (χ1) is 11.4. The van der Waals surface area contributed by atoms with Gasteiger partial charge in [0, 0.05) is 32.0 Å². The van der Waals surface area contributed by atoms with E-state index < -0.39 is 11.4 Å². The smallest absolute Gasteiger partial charge is 0.311 e. The summed E-state index contributed by atoms with van der Waals surface area (Å²) in [5, 5.41) is 9.65. The van der Waals surface area contributed by atoms with Gasteiger partial charge in [0.15, 0.2) is 0 Å². The van der Waals surface area contributed by atoms with Crippen LogP contribution in [-0.2, 0) is 14.3 Å². The Morgan fingerprint density at radius 2 is 2.21 bits per heavy atom. The van der Waals surface area contributed by atoms with Gasteiger partial charge in [-0.15, -0.1) is 0 Å². The van der Waals surface area contributed by atoms with Gasteiger partial charge in [-0.1, -0.05) is 25.1 Å². The Balaban J connectivity index is 1.70. The predicted octanol–water partition coefficient (Wildman–Crippen LogP) is 2.27. The number of likely N-dealkylation sites (tertiary alicyclic amines) is 1. The molecule has 0 saturated carbocycles. The number of halogens is 1. The molecule has 1 amide bonds. The van der Waals surface area contributed by atoms with E-state index in [4.69, 9.17) is 4.74 Å². The van der Waals surface area contributed by atoms with Crippen LogP contribution in [-0.4, -0.2) is 48.2 Å². The van der Waals surface area contributed by atoms with E-state index in [1.54, 1.807) is 23.1 Å². The Bertz CT molecular complexity index is 650. The molecular formula is C18H22FNO4. The molecule has 2 heterocycles. The second kappa shape index (κ2) is 6.51. The summed E-state index contributed by atoms with van der Waals surface area (Å²) >= 11 is 0. The number of nitrogens with zero attached hydrogens (tertiary/aromatic N) is 1. The lowest BCUT2D eigenvalue weighted by atomic mass is 9.74. The fourth-order valence-electron chi connectivity index (χ4n) is 3.87. The summed E-state index contributed by atoms with van der Waals surface area (Å²) in [5.74, 6) is -1.72. The summed E-state index contributed by atoms with van der Waals surface area (Å²) in [6.07, 6.45) is 0.601. The molecule has 2 saturated heterocycles. The van der Waals surface area contributed by atoms with Crippen LogP contribution in [0.25, 0.3) is 0 Å². The average molecular weight is 335 g/mol. The summed E-state index contributed by atoms with van der Waals surface area (Å²) in [6, 6.07) is 6.44. The van der Waals surface area contributed by atoms with Crippen molar-refractivity contribution in [2.45, 2.75) is 25.7 Å². The van der Waals surface area contributed by atoms with Crippen molar-refractivity contribution in [1.29, 1.82) is 0 Å². The fourth-order valence-corrected chi connectivity index (χ4v) is 3.87. The highest BCUT2D eigenvalue weighted by Gasteiger charge is 2.54. The van der Waals surface area contributed by atoms with Crippen LogP contribution in [0.1, 0.15) is 31.2 Å². The van der Waals surface area contributed by atoms with Gasteiger partial charge < -0.3 is 14.7 Å². The maximum absolute atomic E-state index is 13.9. The Hall–Kier alpha value is -1.95. The van der Waals surface area contributed by atoms with E-state index in [1.165, 1.54) is 6.07 Å².